The van der Waals surface area contributed by atoms with Crippen LogP contribution in [0.1, 0.15) is 31.2 Å². The van der Waals surface area contributed by atoms with E-state index in [0.29, 0.717) is 6.79 Å². The number of aliphatic hydroxyl groups excluding tert-OH is 1. The van der Waals surface area contributed by atoms with Gasteiger partial charge in [-0.05, 0) is 30.5 Å². The Kier molecular flexibility index (Phi) is 2.28. The molecule has 0 unspecified atom stereocenters. The molecule has 1 saturated carbocycles. The topological polar surface area (TPSA) is 38.7 Å². The highest BCUT2D eigenvalue weighted by atomic mass is 16.7. The number of aliphatic hydroxyl groups is 1. The molecule has 0 saturated heterocycles. The summed E-state index contributed by atoms with van der Waals surface area (Å²) in [4.78, 5) is 0. The first kappa shape index (κ1) is 9.97. The van der Waals surface area contributed by atoms with E-state index >= 15 is 0 Å². The van der Waals surface area contributed by atoms with Crippen molar-refractivity contribution in [3.63, 3.8) is 0 Å². The molecule has 1 fully saturated rings. The first-order valence-corrected chi connectivity index (χ1v) is 5.85. The average Bonchev–Trinajstić information content (AvgIpc) is 2.97. The molecule has 1 aromatic carbocycles. The highest BCUT2D eigenvalue weighted by molar-refractivity contribution is 5.46. The Hall–Kier alpha value is -1.22. The predicted molar refractivity (Wildman–Crippen MR) is 59.8 cm³/mol. The Morgan fingerprint density at radius 3 is 2.62 bits per heavy atom. The van der Waals surface area contributed by atoms with Gasteiger partial charge in [0.1, 0.15) is 0 Å². The van der Waals surface area contributed by atoms with Gasteiger partial charge in [0, 0.05) is 5.41 Å². The molecule has 1 N–H and O–H groups in total. The molecule has 0 bridgehead atoms. The molecule has 0 atom stereocenters. The summed E-state index contributed by atoms with van der Waals surface area (Å²) >= 11 is 0. The largest absolute Gasteiger partial charge is 0.454 e. The van der Waals surface area contributed by atoms with E-state index < -0.39 is 0 Å². The van der Waals surface area contributed by atoms with Gasteiger partial charge < -0.3 is 14.6 Å². The van der Waals surface area contributed by atoms with Crippen LogP contribution in [0.3, 0.4) is 0 Å². The normalized spacial score (nSPS) is 21.3. The van der Waals surface area contributed by atoms with Crippen LogP contribution in [0.25, 0.3) is 0 Å². The minimum atomic E-state index is -0.0407. The average molecular weight is 220 g/mol. The highest BCUT2D eigenvalue weighted by Crippen LogP contribution is 2.44. The summed E-state index contributed by atoms with van der Waals surface area (Å²) in [5.74, 6) is 1.63. The van der Waals surface area contributed by atoms with Crippen molar-refractivity contribution in [1.82, 2.24) is 0 Å². The van der Waals surface area contributed by atoms with Gasteiger partial charge in [-0.15, -0.1) is 0 Å². The zero-order valence-corrected chi connectivity index (χ0v) is 9.24. The molecule has 3 rings (SSSR count). The number of rotatable bonds is 2. The first-order valence-electron chi connectivity index (χ1n) is 5.85. The van der Waals surface area contributed by atoms with Crippen molar-refractivity contribution in [2.45, 2.75) is 31.1 Å². The number of benzene rings is 1. The van der Waals surface area contributed by atoms with Gasteiger partial charge in [0.15, 0.2) is 11.5 Å². The van der Waals surface area contributed by atoms with Gasteiger partial charge in [0.25, 0.3) is 0 Å². The van der Waals surface area contributed by atoms with E-state index in [4.69, 9.17) is 9.47 Å². The van der Waals surface area contributed by atoms with Gasteiger partial charge in [0.05, 0.1) is 6.61 Å². The van der Waals surface area contributed by atoms with E-state index in [9.17, 15) is 5.11 Å². The maximum Gasteiger partial charge on any atom is 0.231 e. The summed E-state index contributed by atoms with van der Waals surface area (Å²) in [6.07, 6.45) is 4.55. The molecule has 0 radical (unpaired) electrons. The molecule has 1 aliphatic heterocycles. The van der Waals surface area contributed by atoms with Crippen molar-refractivity contribution in [1.29, 1.82) is 0 Å². The van der Waals surface area contributed by atoms with E-state index in [1.165, 1.54) is 18.4 Å². The molecule has 2 aliphatic rings. The van der Waals surface area contributed by atoms with Crippen molar-refractivity contribution in [2.75, 3.05) is 13.4 Å². The minimum Gasteiger partial charge on any atom is -0.454 e. The fourth-order valence-corrected chi connectivity index (χ4v) is 2.82. The van der Waals surface area contributed by atoms with Gasteiger partial charge in [-0.1, -0.05) is 18.9 Å². The molecular formula is C13H16O3. The fourth-order valence-electron chi connectivity index (χ4n) is 2.82. The number of hydrogen-bond acceptors (Lipinski definition) is 3. The standard InChI is InChI=1S/C13H16O3/c14-8-13(5-1-2-6-13)10-3-4-11-12(7-10)16-9-15-11/h3-4,7,14H,1-2,5-6,8-9H2. The van der Waals surface area contributed by atoms with E-state index in [2.05, 4.69) is 6.07 Å². The molecule has 0 aromatic heterocycles. The van der Waals surface area contributed by atoms with Crippen LogP contribution in [0.5, 0.6) is 11.5 Å². The Bertz CT molecular complexity index is 394. The van der Waals surface area contributed by atoms with Crippen LogP contribution in [-0.4, -0.2) is 18.5 Å². The van der Waals surface area contributed by atoms with Gasteiger partial charge in [-0.3, -0.25) is 0 Å². The van der Waals surface area contributed by atoms with Crippen molar-refractivity contribution >= 4 is 0 Å². The maximum absolute atomic E-state index is 9.65. The smallest absolute Gasteiger partial charge is 0.231 e. The minimum absolute atomic E-state index is 0.0407. The van der Waals surface area contributed by atoms with Crippen LogP contribution < -0.4 is 9.47 Å². The van der Waals surface area contributed by atoms with Crippen LogP contribution in [0.2, 0.25) is 0 Å². The zero-order chi connectivity index (χ0) is 11.0. The summed E-state index contributed by atoms with van der Waals surface area (Å²) in [6.45, 7) is 0.539. The van der Waals surface area contributed by atoms with Crippen molar-refractivity contribution < 1.29 is 14.6 Å². The van der Waals surface area contributed by atoms with E-state index in [1.54, 1.807) is 0 Å². The van der Waals surface area contributed by atoms with Gasteiger partial charge in [0.2, 0.25) is 6.79 Å². The van der Waals surface area contributed by atoms with E-state index in [0.717, 1.165) is 24.3 Å². The second-order valence-corrected chi connectivity index (χ2v) is 4.71. The lowest BCUT2D eigenvalue weighted by atomic mass is 9.79. The molecule has 0 amide bonds. The summed E-state index contributed by atoms with van der Waals surface area (Å²) in [5, 5.41) is 9.65. The fraction of sp³-hybridized carbons (Fsp3) is 0.538. The van der Waals surface area contributed by atoms with Crippen LogP contribution in [0.4, 0.5) is 0 Å². The summed E-state index contributed by atoms with van der Waals surface area (Å²) in [5.41, 5.74) is 1.15. The molecule has 3 nitrogen and oxygen atoms in total. The SMILES string of the molecule is OCC1(c2ccc3c(c2)OCO3)CCCC1. The van der Waals surface area contributed by atoms with Crippen molar-refractivity contribution in [3.8, 4) is 11.5 Å². The molecule has 1 aliphatic carbocycles. The third-order valence-electron chi connectivity index (χ3n) is 3.85. The van der Waals surface area contributed by atoms with Crippen molar-refractivity contribution in [2.24, 2.45) is 0 Å². The lowest BCUT2D eigenvalue weighted by Gasteiger charge is -2.27. The monoisotopic (exact) mass is 220 g/mol. The zero-order valence-electron chi connectivity index (χ0n) is 9.24. The van der Waals surface area contributed by atoms with Gasteiger partial charge in [-0.2, -0.15) is 0 Å². The lowest BCUT2D eigenvalue weighted by Crippen LogP contribution is -2.26. The Balaban J connectivity index is 1.99. The summed E-state index contributed by atoms with van der Waals surface area (Å²) in [6, 6.07) is 6.05. The van der Waals surface area contributed by atoms with E-state index in [-0.39, 0.29) is 12.0 Å². The molecule has 1 aromatic rings. The van der Waals surface area contributed by atoms with Gasteiger partial charge >= 0.3 is 0 Å². The molecule has 0 spiro atoms. The highest BCUT2D eigenvalue weighted by Gasteiger charge is 2.35. The summed E-state index contributed by atoms with van der Waals surface area (Å²) < 4.78 is 10.7. The molecular weight excluding hydrogens is 204 g/mol. The predicted octanol–water partition coefficient (Wildman–Crippen LogP) is 2.22. The Morgan fingerprint density at radius 2 is 1.88 bits per heavy atom. The molecule has 3 heteroatoms. The number of hydrogen-bond donors (Lipinski definition) is 1. The Labute approximate surface area is 95.0 Å². The first-order chi connectivity index (χ1) is 7.84. The maximum atomic E-state index is 9.65. The van der Waals surface area contributed by atoms with Crippen LogP contribution in [0.15, 0.2) is 18.2 Å². The number of ether oxygens (including phenoxy) is 2. The molecule has 16 heavy (non-hydrogen) atoms. The third kappa shape index (κ3) is 1.39. The van der Waals surface area contributed by atoms with Crippen molar-refractivity contribution in [3.05, 3.63) is 23.8 Å². The van der Waals surface area contributed by atoms with E-state index in [1.807, 2.05) is 12.1 Å². The molecule has 1 heterocycles. The van der Waals surface area contributed by atoms with Gasteiger partial charge in [-0.25, -0.2) is 0 Å². The second-order valence-electron chi connectivity index (χ2n) is 4.71. The molecule has 86 valence electrons. The van der Waals surface area contributed by atoms with Crippen LogP contribution in [-0.2, 0) is 5.41 Å². The quantitative estimate of drug-likeness (QED) is 0.830. The summed E-state index contributed by atoms with van der Waals surface area (Å²) in [7, 11) is 0. The number of fused-ring (bicyclic) bond motifs is 1. The van der Waals surface area contributed by atoms with Crippen LogP contribution in [0, 0.1) is 0 Å². The third-order valence-corrected chi connectivity index (χ3v) is 3.85. The second kappa shape index (κ2) is 3.67. The lowest BCUT2D eigenvalue weighted by molar-refractivity contribution is 0.173. The van der Waals surface area contributed by atoms with Crippen LogP contribution >= 0.6 is 0 Å². The Morgan fingerprint density at radius 1 is 1.12 bits per heavy atom.